The van der Waals surface area contributed by atoms with Crippen LogP contribution in [0.25, 0.3) is 0 Å². The number of carbonyl (C=O) groups excluding carboxylic acids is 1. The van der Waals surface area contributed by atoms with Crippen LogP contribution in [0.3, 0.4) is 0 Å². The summed E-state index contributed by atoms with van der Waals surface area (Å²) < 4.78 is 10.5. The fraction of sp³-hybridized carbons (Fsp3) is 0.929. The van der Waals surface area contributed by atoms with E-state index in [1.807, 2.05) is 11.8 Å². The second-order valence-corrected chi connectivity index (χ2v) is 5.50. The summed E-state index contributed by atoms with van der Waals surface area (Å²) in [6, 6.07) is 0. The van der Waals surface area contributed by atoms with E-state index in [1.54, 1.807) is 0 Å². The lowest BCUT2D eigenvalue weighted by molar-refractivity contribution is -0.137. The lowest BCUT2D eigenvalue weighted by Gasteiger charge is -2.36. The standard InChI is InChI=1S/C14H26N2O4/c1-2-19-11-13(17)9-15-4-6-16(7-5-15)14(18)12-3-8-20-10-12/h12-13,17H,2-11H2,1H3/t12-,13+/m0/s1. The van der Waals surface area contributed by atoms with E-state index in [2.05, 4.69) is 4.90 Å². The van der Waals surface area contributed by atoms with E-state index in [4.69, 9.17) is 9.47 Å². The van der Waals surface area contributed by atoms with Crippen molar-refractivity contribution >= 4 is 5.91 Å². The molecule has 1 N–H and O–H groups in total. The molecule has 2 aliphatic rings. The van der Waals surface area contributed by atoms with Gasteiger partial charge < -0.3 is 19.5 Å². The van der Waals surface area contributed by atoms with E-state index in [9.17, 15) is 9.90 Å². The minimum atomic E-state index is -0.444. The molecule has 20 heavy (non-hydrogen) atoms. The number of aliphatic hydroxyl groups excluding tert-OH is 1. The second-order valence-electron chi connectivity index (χ2n) is 5.50. The molecule has 0 radical (unpaired) electrons. The molecule has 0 aromatic heterocycles. The van der Waals surface area contributed by atoms with E-state index < -0.39 is 6.10 Å². The molecule has 0 aliphatic carbocycles. The Morgan fingerprint density at radius 2 is 2.15 bits per heavy atom. The maximum atomic E-state index is 12.2. The molecular formula is C14H26N2O4. The average molecular weight is 286 g/mol. The third kappa shape index (κ3) is 4.41. The van der Waals surface area contributed by atoms with Crippen molar-refractivity contribution in [2.24, 2.45) is 5.92 Å². The van der Waals surface area contributed by atoms with Crippen molar-refractivity contribution in [2.75, 3.05) is 59.2 Å². The normalized spacial score (nSPS) is 25.9. The molecule has 2 fully saturated rings. The third-order valence-electron chi connectivity index (χ3n) is 3.95. The first kappa shape index (κ1) is 15.7. The molecule has 6 heteroatoms. The molecule has 0 saturated carbocycles. The first-order valence-corrected chi connectivity index (χ1v) is 7.55. The molecule has 6 nitrogen and oxygen atoms in total. The Morgan fingerprint density at radius 1 is 1.40 bits per heavy atom. The number of aliphatic hydroxyl groups is 1. The van der Waals surface area contributed by atoms with Crippen LogP contribution in [0.5, 0.6) is 0 Å². The first-order valence-electron chi connectivity index (χ1n) is 7.55. The predicted molar refractivity (Wildman–Crippen MR) is 74.4 cm³/mol. The number of carbonyl (C=O) groups is 1. The van der Waals surface area contributed by atoms with E-state index in [0.29, 0.717) is 33.0 Å². The Hall–Kier alpha value is -0.690. The first-order chi connectivity index (χ1) is 9.70. The van der Waals surface area contributed by atoms with Crippen molar-refractivity contribution in [3.63, 3.8) is 0 Å². The van der Waals surface area contributed by atoms with Gasteiger partial charge >= 0.3 is 0 Å². The molecule has 2 heterocycles. The van der Waals surface area contributed by atoms with Crippen molar-refractivity contribution in [3.8, 4) is 0 Å². The van der Waals surface area contributed by atoms with E-state index >= 15 is 0 Å². The average Bonchev–Trinajstić information content (AvgIpc) is 2.99. The van der Waals surface area contributed by atoms with Crippen LogP contribution in [0.15, 0.2) is 0 Å². The Balaban J connectivity index is 1.68. The highest BCUT2D eigenvalue weighted by atomic mass is 16.5. The van der Waals surface area contributed by atoms with Crippen molar-refractivity contribution < 1.29 is 19.4 Å². The number of hydrogen-bond donors (Lipinski definition) is 1. The summed E-state index contributed by atoms with van der Waals surface area (Å²) in [5.74, 6) is 0.294. The Labute approximate surface area is 120 Å². The predicted octanol–water partition coefficient (Wildman–Crippen LogP) is -0.435. The van der Waals surface area contributed by atoms with Gasteiger partial charge in [0.05, 0.1) is 25.2 Å². The van der Waals surface area contributed by atoms with Crippen molar-refractivity contribution in [2.45, 2.75) is 19.4 Å². The largest absolute Gasteiger partial charge is 0.389 e. The summed E-state index contributed by atoms with van der Waals surface area (Å²) in [4.78, 5) is 16.4. The molecule has 1 amide bonds. The highest BCUT2D eigenvalue weighted by Gasteiger charge is 2.30. The summed E-state index contributed by atoms with van der Waals surface area (Å²) in [7, 11) is 0. The van der Waals surface area contributed by atoms with Crippen LogP contribution in [0.4, 0.5) is 0 Å². The van der Waals surface area contributed by atoms with Gasteiger partial charge in [0.15, 0.2) is 0 Å². The van der Waals surface area contributed by atoms with Crippen molar-refractivity contribution in [1.82, 2.24) is 9.80 Å². The van der Waals surface area contributed by atoms with Gasteiger partial charge in [-0.25, -0.2) is 0 Å². The number of nitrogens with zero attached hydrogens (tertiary/aromatic N) is 2. The van der Waals surface area contributed by atoms with Gasteiger partial charge in [-0.2, -0.15) is 0 Å². The number of hydrogen-bond acceptors (Lipinski definition) is 5. The lowest BCUT2D eigenvalue weighted by Crippen LogP contribution is -2.52. The molecule has 0 aromatic carbocycles. The van der Waals surface area contributed by atoms with E-state index in [0.717, 1.165) is 32.6 Å². The Kier molecular flexibility index (Phi) is 6.22. The number of rotatable bonds is 6. The maximum Gasteiger partial charge on any atom is 0.228 e. The minimum Gasteiger partial charge on any atom is -0.389 e. The molecule has 0 spiro atoms. The highest BCUT2D eigenvalue weighted by Crippen LogP contribution is 2.16. The van der Waals surface area contributed by atoms with E-state index in [1.165, 1.54) is 0 Å². The monoisotopic (exact) mass is 286 g/mol. The number of piperazine rings is 1. The number of ether oxygens (including phenoxy) is 2. The topological polar surface area (TPSA) is 62.2 Å². The molecule has 2 saturated heterocycles. The highest BCUT2D eigenvalue weighted by molar-refractivity contribution is 5.79. The van der Waals surface area contributed by atoms with Crippen molar-refractivity contribution in [3.05, 3.63) is 0 Å². The number of amides is 1. The third-order valence-corrected chi connectivity index (χ3v) is 3.95. The van der Waals surface area contributed by atoms with Gasteiger partial charge in [0.1, 0.15) is 0 Å². The van der Waals surface area contributed by atoms with Gasteiger partial charge in [0.2, 0.25) is 5.91 Å². The van der Waals surface area contributed by atoms with Gasteiger partial charge in [0, 0.05) is 45.9 Å². The zero-order chi connectivity index (χ0) is 14.4. The fourth-order valence-corrected chi connectivity index (χ4v) is 2.74. The maximum absolute atomic E-state index is 12.2. The van der Waals surface area contributed by atoms with Crippen LogP contribution in [0, 0.1) is 5.92 Å². The quantitative estimate of drug-likeness (QED) is 0.717. The summed E-state index contributed by atoms with van der Waals surface area (Å²) in [6.45, 7) is 7.97. The zero-order valence-electron chi connectivity index (χ0n) is 12.3. The van der Waals surface area contributed by atoms with Gasteiger partial charge in [-0.05, 0) is 13.3 Å². The van der Waals surface area contributed by atoms with Crippen LogP contribution in [0.2, 0.25) is 0 Å². The SMILES string of the molecule is CCOC[C@H](O)CN1CCN(C(=O)[C@H]2CCOC2)CC1. The zero-order valence-corrected chi connectivity index (χ0v) is 12.3. The second kappa shape index (κ2) is 7.93. The van der Waals surface area contributed by atoms with Gasteiger partial charge in [-0.1, -0.05) is 0 Å². The summed E-state index contributed by atoms with van der Waals surface area (Å²) in [5.41, 5.74) is 0. The van der Waals surface area contributed by atoms with Gasteiger partial charge in [-0.3, -0.25) is 9.69 Å². The fourth-order valence-electron chi connectivity index (χ4n) is 2.74. The van der Waals surface area contributed by atoms with Gasteiger partial charge in [0.25, 0.3) is 0 Å². The van der Waals surface area contributed by atoms with Crippen LogP contribution in [-0.4, -0.2) is 86.1 Å². The van der Waals surface area contributed by atoms with Crippen LogP contribution >= 0.6 is 0 Å². The van der Waals surface area contributed by atoms with Crippen LogP contribution in [-0.2, 0) is 14.3 Å². The van der Waals surface area contributed by atoms with Gasteiger partial charge in [-0.15, -0.1) is 0 Å². The van der Waals surface area contributed by atoms with Crippen LogP contribution in [0.1, 0.15) is 13.3 Å². The van der Waals surface area contributed by atoms with Crippen LogP contribution < -0.4 is 0 Å². The molecule has 2 atom stereocenters. The smallest absolute Gasteiger partial charge is 0.228 e. The summed E-state index contributed by atoms with van der Waals surface area (Å²) in [6.07, 6.45) is 0.409. The van der Waals surface area contributed by atoms with Crippen molar-refractivity contribution in [1.29, 1.82) is 0 Å². The Morgan fingerprint density at radius 3 is 2.75 bits per heavy atom. The molecule has 0 unspecified atom stereocenters. The molecular weight excluding hydrogens is 260 g/mol. The summed E-state index contributed by atoms with van der Waals surface area (Å²) >= 11 is 0. The van der Waals surface area contributed by atoms with E-state index in [-0.39, 0.29) is 11.8 Å². The molecule has 2 rings (SSSR count). The summed E-state index contributed by atoms with van der Waals surface area (Å²) in [5, 5.41) is 9.82. The lowest BCUT2D eigenvalue weighted by atomic mass is 10.1. The molecule has 116 valence electrons. The molecule has 0 bridgehead atoms. The Bertz CT molecular complexity index is 300. The number of β-amino-alcohol motifs (C(OH)–C–C–N with tert-alkyl or cyclic N) is 1. The minimum absolute atomic E-state index is 0.0603. The molecule has 2 aliphatic heterocycles. The molecule has 0 aromatic rings.